The zero-order valence-electron chi connectivity index (χ0n) is 17.2. The molecule has 160 valence electrons. The van der Waals surface area contributed by atoms with Gasteiger partial charge in [0.25, 0.3) is 5.91 Å². The largest absolute Gasteiger partial charge is 0.372 e. The van der Waals surface area contributed by atoms with Crippen molar-refractivity contribution in [2.45, 2.75) is 38.0 Å². The Bertz CT molecular complexity index is 960. The van der Waals surface area contributed by atoms with Crippen LogP contribution in [0, 0.1) is 0 Å². The zero-order chi connectivity index (χ0) is 21.0. The average molecular weight is 428 g/mol. The Hall–Kier alpha value is -2.38. The number of carbonyl (C=O) groups is 1. The summed E-state index contributed by atoms with van der Waals surface area (Å²) in [5, 5.41) is 2.94. The average Bonchev–Trinajstić information content (AvgIpc) is 3.47. The van der Waals surface area contributed by atoms with Crippen LogP contribution in [-0.2, 0) is 22.3 Å². The van der Waals surface area contributed by atoms with Crippen LogP contribution in [0.25, 0.3) is 0 Å². The molecule has 2 aromatic carbocycles. The molecule has 4 rings (SSSR count). The number of nitrogens with one attached hydrogen (secondary N) is 1. The van der Waals surface area contributed by atoms with E-state index in [4.69, 9.17) is 0 Å². The van der Waals surface area contributed by atoms with Crippen LogP contribution >= 0.6 is 0 Å². The Morgan fingerprint density at radius 1 is 0.800 bits per heavy atom. The predicted molar refractivity (Wildman–Crippen MR) is 119 cm³/mol. The van der Waals surface area contributed by atoms with Crippen molar-refractivity contribution < 1.29 is 13.2 Å². The summed E-state index contributed by atoms with van der Waals surface area (Å²) in [5.41, 5.74) is 3.53. The van der Waals surface area contributed by atoms with Crippen molar-refractivity contribution in [2.75, 3.05) is 31.1 Å². The third-order valence-corrected chi connectivity index (χ3v) is 7.73. The molecule has 2 saturated heterocycles. The first-order valence-electron chi connectivity index (χ1n) is 10.7. The minimum absolute atomic E-state index is 0.0156. The van der Waals surface area contributed by atoms with E-state index in [1.54, 1.807) is 28.6 Å². The molecule has 0 spiro atoms. The number of hydrogen-bond acceptors (Lipinski definition) is 4. The van der Waals surface area contributed by atoms with Crippen LogP contribution in [0.3, 0.4) is 0 Å². The van der Waals surface area contributed by atoms with E-state index in [1.165, 1.54) is 18.5 Å². The van der Waals surface area contributed by atoms with Gasteiger partial charge in [-0.2, -0.15) is 0 Å². The Kier molecular flexibility index (Phi) is 6.39. The molecule has 30 heavy (non-hydrogen) atoms. The molecule has 0 aliphatic carbocycles. The molecule has 2 fully saturated rings. The van der Waals surface area contributed by atoms with Gasteiger partial charge in [-0.05, 0) is 61.1 Å². The highest BCUT2D eigenvalue weighted by molar-refractivity contribution is 7.88. The number of amides is 1. The highest BCUT2D eigenvalue weighted by Gasteiger charge is 2.25. The summed E-state index contributed by atoms with van der Waals surface area (Å²) in [6, 6.07) is 15.2. The normalized spacial score (nSPS) is 17.4. The number of nitrogens with zero attached hydrogens (tertiary/aromatic N) is 2. The highest BCUT2D eigenvalue weighted by atomic mass is 32.2. The van der Waals surface area contributed by atoms with Gasteiger partial charge in [0.05, 0.1) is 5.75 Å². The fraction of sp³-hybridized carbons (Fsp3) is 0.435. The topological polar surface area (TPSA) is 69.7 Å². The van der Waals surface area contributed by atoms with Crippen molar-refractivity contribution in [3.63, 3.8) is 0 Å². The Morgan fingerprint density at radius 3 is 2.00 bits per heavy atom. The van der Waals surface area contributed by atoms with Gasteiger partial charge in [-0.1, -0.05) is 24.3 Å². The van der Waals surface area contributed by atoms with Crippen LogP contribution in [0.2, 0.25) is 0 Å². The van der Waals surface area contributed by atoms with E-state index in [0.29, 0.717) is 30.8 Å². The standard InChI is InChI=1S/C23H29N3O3S/c27-23(24-17-19-7-11-22(12-8-19)25-13-1-2-14-25)21-9-5-20(6-10-21)18-30(28,29)26-15-3-4-16-26/h5-12H,1-4,13-18H2,(H,24,27). The van der Waals surface area contributed by atoms with Crippen molar-refractivity contribution in [1.29, 1.82) is 0 Å². The van der Waals surface area contributed by atoms with Gasteiger partial charge in [0.15, 0.2) is 0 Å². The van der Waals surface area contributed by atoms with Gasteiger partial charge in [0.2, 0.25) is 10.0 Å². The number of rotatable bonds is 7. The van der Waals surface area contributed by atoms with Gasteiger partial charge < -0.3 is 10.2 Å². The summed E-state index contributed by atoms with van der Waals surface area (Å²) in [6.07, 6.45) is 4.36. The maximum Gasteiger partial charge on any atom is 0.251 e. The molecule has 1 N–H and O–H groups in total. The summed E-state index contributed by atoms with van der Waals surface area (Å²) < 4.78 is 26.4. The number of anilines is 1. The fourth-order valence-electron chi connectivity index (χ4n) is 4.10. The lowest BCUT2D eigenvalue weighted by molar-refractivity contribution is 0.0951. The third kappa shape index (κ3) is 5.02. The van der Waals surface area contributed by atoms with E-state index in [9.17, 15) is 13.2 Å². The smallest absolute Gasteiger partial charge is 0.251 e. The lowest BCUT2D eigenvalue weighted by Gasteiger charge is -2.17. The summed E-state index contributed by atoms with van der Waals surface area (Å²) in [6.45, 7) is 3.92. The van der Waals surface area contributed by atoms with Gasteiger partial charge in [-0.3, -0.25) is 4.79 Å². The molecule has 2 aromatic rings. The molecule has 2 aliphatic rings. The van der Waals surface area contributed by atoms with Gasteiger partial charge in [-0.25, -0.2) is 12.7 Å². The molecule has 6 nitrogen and oxygen atoms in total. The van der Waals surface area contributed by atoms with E-state index < -0.39 is 10.0 Å². The molecular weight excluding hydrogens is 398 g/mol. The Balaban J connectivity index is 1.30. The molecule has 2 aliphatic heterocycles. The first-order chi connectivity index (χ1) is 14.5. The van der Waals surface area contributed by atoms with Crippen LogP contribution in [-0.4, -0.2) is 44.8 Å². The number of hydrogen-bond donors (Lipinski definition) is 1. The van der Waals surface area contributed by atoms with Crippen molar-refractivity contribution in [2.24, 2.45) is 0 Å². The Labute approximate surface area is 178 Å². The highest BCUT2D eigenvalue weighted by Crippen LogP contribution is 2.21. The molecule has 0 radical (unpaired) electrons. The molecular formula is C23H29N3O3S. The molecule has 0 bridgehead atoms. The summed E-state index contributed by atoms with van der Waals surface area (Å²) in [7, 11) is -3.27. The summed E-state index contributed by atoms with van der Waals surface area (Å²) in [4.78, 5) is 14.8. The molecule has 0 saturated carbocycles. The maximum atomic E-state index is 12.5. The van der Waals surface area contributed by atoms with Crippen molar-refractivity contribution in [3.8, 4) is 0 Å². The lowest BCUT2D eigenvalue weighted by Crippen LogP contribution is -2.29. The van der Waals surface area contributed by atoms with Crippen molar-refractivity contribution >= 4 is 21.6 Å². The van der Waals surface area contributed by atoms with Crippen LogP contribution in [0.1, 0.15) is 47.2 Å². The molecule has 7 heteroatoms. The van der Waals surface area contributed by atoms with Gasteiger partial charge in [-0.15, -0.1) is 0 Å². The Morgan fingerprint density at radius 2 is 1.37 bits per heavy atom. The van der Waals surface area contributed by atoms with Crippen LogP contribution in [0.15, 0.2) is 48.5 Å². The SMILES string of the molecule is O=C(NCc1ccc(N2CCCC2)cc1)c1ccc(CS(=O)(=O)N2CCCC2)cc1. The first kappa shape index (κ1) is 20.9. The minimum Gasteiger partial charge on any atom is -0.372 e. The van der Waals surface area contributed by atoms with Crippen LogP contribution in [0.5, 0.6) is 0 Å². The van der Waals surface area contributed by atoms with Crippen molar-refractivity contribution in [1.82, 2.24) is 9.62 Å². The number of sulfonamides is 1. The first-order valence-corrected chi connectivity index (χ1v) is 12.3. The van der Waals surface area contributed by atoms with Gasteiger partial charge in [0, 0.05) is 44.0 Å². The fourth-order valence-corrected chi connectivity index (χ4v) is 5.72. The lowest BCUT2D eigenvalue weighted by atomic mass is 10.1. The number of benzene rings is 2. The molecule has 0 unspecified atom stereocenters. The van der Waals surface area contributed by atoms with Gasteiger partial charge in [0.1, 0.15) is 0 Å². The van der Waals surface area contributed by atoms with E-state index in [-0.39, 0.29) is 11.7 Å². The summed E-state index contributed by atoms with van der Waals surface area (Å²) in [5.74, 6) is -0.175. The second-order valence-electron chi connectivity index (χ2n) is 8.10. The second kappa shape index (κ2) is 9.18. The van der Waals surface area contributed by atoms with Crippen LogP contribution in [0.4, 0.5) is 5.69 Å². The third-order valence-electron chi connectivity index (χ3n) is 5.88. The van der Waals surface area contributed by atoms with Gasteiger partial charge >= 0.3 is 0 Å². The maximum absolute atomic E-state index is 12.5. The van der Waals surface area contributed by atoms with E-state index in [1.807, 2.05) is 0 Å². The van der Waals surface area contributed by atoms with E-state index in [2.05, 4.69) is 34.5 Å². The zero-order valence-corrected chi connectivity index (χ0v) is 18.0. The predicted octanol–water partition coefficient (Wildman–Crippen LogP) is 3.14. The second-order valence-corrected chi connectivity index (χ2v) is 10.1. The molecule has 0 atom stereocenters. The monoisotopic (exact) mass is 427 g/mol. The molecule has 1 amide bonds. The molecule has 2 heterocycles. The number of carbonyl (C=O) groups excluding carboxylic acids is 1. The minimum atomic E-state index is -3.27. The quantitative estimate of drug-likeness (QED) is 0.737. The van der Waals surface area contributed by atoms with E-state index in [0.717, 1.165) is 31.5 Å². The van der Waals surface area contributed by atoms with Crippen molar-refractivity contribution in [3.05, 3.63) is 65.2 Å². The summed E-state index contributed by atoms with van der Waals surface area (Å²) >= 11 is 0. The van der Waals surface area contributed by atoms with Crippen LogP contribution < -0.4 is 10.2 Å². The molecule has 0 aromatic heterocycles. The van der Waals surface area contributed by atoms with E-state index >= 15 is 0 Å².